The summed E-state index contributed by atoms with van der Waals surface area (Å²) in [7, 11) is 0. The van der Waals surface area contributed by atoms with Gasteiger partial charge in [0, 0.05) is 13.1 Å². The first-order valence-corrected chi connectivity index (χ1v) is 9.27. The zero-order chi connectivity index (χ0) is 17.3. The Kier molecular flexibility index (Phi) is 5.18. The van der Waals surface area contributed by atoms with Gasteiger partial charge in [-0.25, -0.2) is 4.98 Å². The second-order valence-corrected chi connectivity index (χ2v) is 7.99. The SMILES string of the molecule is CC1CCN(C(=O)C(O)C(O)c2nc3ccccc3s2)CC(C)C1. The molecule has 1 aromatic carbocycles. The van der Waals surface area contributed by atoms with Crippen LogP contribution >= 0.6 is 11.3 Å². The Morgan fingerprint density at radius 1 is 1.29 bits per heavy atom. The molecular formula is C18H24N2O3S. The highest BCUT2D eigenvalue weighted by Crippen LogP contribution is 2.29. The minimum absolute atomic E-state index is 0.383. The summed E-state index contributed by atoms with van der Waals surface area (Å²) in [6, 6.07) is 7.54. The van der Waals surface area contributed by atoms with Crippen LogP contribution in [0.4, 0.5) is 0 Å². The molecule has 1 aromatic heterocycles. The molecule has 0 radical (unpaired) electrons. The van der Waals surface area contributed by atoms with Crippen LogP contribution in [0.1, 0.15) is 37.8 Å². The van der Waals surface area contributed by atoms with Crippen LogP contribution in [0.15, 0.2) is 24.3 Å². The maximum absolute atomic E-state index is 12.6. The number of aliphatic hydroxyl groups excluding tert-OH is 2. The third-order valence-corrected chi connectivity index (χ3v) is 5.76. The van der Waals surface area contributed by atoms with E-state index in [-0.39, 0.29) is 0 Å². The molecule has 1 amide bonds. The van der Waals surface area contributed by atoms with E-state index in [0.29, 0.717) is 29.9 Å². The van der Waals surface area contributed by atoms with Crippen molar-refractivity contribution in [3.63, 3.8) is 0 Å². The van der Waals surface area contributed by atoms with E-state index in [1.807, 2.05) is 24.3 Å². The van der Waals surface area contributed by atoms with Gasteiger partial charge in [0.1, 0.15) is 11.1 Å². The molecule has 1 fully saturated rings. The Morgan fingerprint density at radius 3 is 2.79 bits per heavy atom. The fraction of sp³-hybridized carbons (Fsp3) is 0.556. The van der Waals surface area contributed by atoms with E-state index in [4.69, 9.17) is 0 Å². The molecule has 0 saturated carbocycles. The Labute approximate surface area is 145 Å². The Morgan fingerprint density at radius 2 is 2.04 bits per heavy atom. The van der Waals surface area contributed by atoms with Crippen LogP contribution in [0.25, 0.3) is 10.2 Å². The zero-order valence-corrected chi connectivity index (χ0v) is 14.9. The lowest BCUT2D eigenvalue weighted by molar-refractivity contribution is -0.146. The number of aromatic nitrogens is 1. The van der Waals surface area contributed by atoms with Crippen LogP contribution < -0.4 is 0 Å². The van der Waals surface area contributed by atoms with Crippen molar-refractivity contribution in [1.29, 1.82) is 0 Å². The predicted molar refractivity (Wildman–Crippen MR) is 94.7 cm³/mol. The molecule has 2 heterocycles. The lowest BCUT2D eigenvalue weighted by Crippen LogP contribution is -2.43. The van der Waals surface area contributed by atoms with Gasteiger partial charge >= 0.3 is 0 Å². The number of carbonyl (C=O) groups excluding carboxylic acids is 1. The summed E-state index contributed by atoms with van der Waals surface area (Å²) in [4.78, 5) is 18.7. The van der Waals surface area contributed by atoms with Crippen LogP contribution in [0, 0.1) is 11.8 Å². The van der Waals surface area contributed by atoms with Gasteiger partial charge in [0.05, 0.1) is 10.2 Å². The number of hydrogen-bond acceptors (Lipinski definition) is 5. The number of amides is 1. The average Bonchev–Trinajstić information content (AvgIpc) is 2.92. The highest BCUT2D eigenvalue weighted by molar-refractivity contribution is 7.18. The maximum Gasteiger partial charge on any atom is 0.254 e. The minimum Gasteiger partial charge on any atom is -0.383 e. The van der Waals surface area contributed by atoms with Crippen molar-refractivity contribution in [1.82, 2.24) is 9.88 Å². The van der Waals surface area contributed by atoms with Crippen molar-refractivity contribution in [2.75, 3.05) is 13.1 Å². The van der Waals surface area contributed by atoms with E-state index in [0.717, 1.165) is 23.1 Å². The number of aliphatic hydroxyl groups is 2. The van der Waals surface area contributed by atoms with Gasteiger partial charge in [-0.3, -0.25) is 4.79 Å². The van der Waals surface area contributed by atoms with Gasteiger partial charge in [-0.05, 0) is 36.8 Å². The lowest BCUT2D eigenvalue weighted by Gasteiger charge is -2.26. The van der Waals surface area contributed by atoms with Crippen LogP contribution in [-0.4, -0.2) is 45.2 Å². The zero-order valence-electron chi connectivity index (χ0n) is 14.1. The molecular weight excluding hydrogens is 324 g/mol. The second-order valence-electron chi connectivity index (χ2n) is 6.93. The normalized spacial score (nSPS) is 24.6. The Hall–Kier alpha value is -1.50. The highest BCUT2D eigenvalue weighted by atomic mass is 32.1. The molecule has 1 aliphatic heterocycles. The van der Waals surface area contributed by atoms with E-state index in [9.17, 15) is 15.0 Å². The average molecular weight is 348 g/mol. The first kappa shape index (κ1) is 17.3. The smallest absolute Gasteiger partial charge is 0.254 e. The Bertz CT molecular complexity index is 684. The number of para-hydroxylation sites is 1. The van der Waals surface area contributed by atoms with E-state index < -0.39 is 18.1 Å². The summed E-state index contributed by atoms with van der Waals surface area (Å²) >= 11 is 1.31. The van der Waals surface area contributed by atoms with Crippen LogP contribution in [0.3, 0.4) is 0 Å². The minimum atomic E-state index is -1.47. The quantitative estimate of drug-likeness (QED) is 0.894. The van der Waals surface area contributed by atoms with Gasteiger partial charge in [0.15, 0.2) is 6.10 Å². The number of fused-ring (bicyclic) bond motifs is 1. The first-order chi connectivity index (χ1) is 11.5. The van der Waals surface area contributed by atoms with Crippen molar-refractivity contribution >= 4 is 27.5 Å². The number of rotatable bonds is 3. The molecule has 1 saturated heterocycles. The summed E-state index contributed by atoms with van der Waals surface area (Å²) in [6.07, 6.45) is -0.739. The summed E-state index contributed by atoms with van der Waals surface area (Å²) in [5.74, 6) is 0.574. The number of thiazole rings is 1. The molecule has 0 bridgehead atoms. The van der Waals surface area contributed by atoms with Gasteiger partial charge in [0.2, 0.25) is 0 Å². The molecule has 0 spiro atoms. The number of nitrogens with zero attached hydrogens (tertiary/aromatic N) is 2. The number of hydrogen-bond donors (Lipinski definition) is 2. The van der Waals surface area contributed by atoms with Gasteiger partial charge in [-0.2, -0.15) is 0 Å². The van der Waals surface area contributed by atoms with Crippen molar-refractivity contribution < 1.29 is 15.0 Å². The molecule has 2 N–H and O–H groups in total. The van der Waals surface area contributed by atoms with Crippen molar-refractivity contribution in [3.05, 3.63) is 29.3 Å². The van der Waals surface area contributed by atoms with Crippen LogP contribution in [-0.2, 0) is 4.79 Å². The number of carbonyl (C=O) groups is 1. The topological polar surface area (TPSA) is 73.7 Å². The van der Waals surface area contributed by atoms with Crippen LogP contribution in [0.2, 0.25) is 0 Å². The van der Waals surface area contributed by atoms with Crippen LogP contribution in [0.5, 0.6) is 0 Å². The fourth-order valence-electron chi connectivity index (χ4n) is 3.40. The van der Waals surface area contributed by atoms with Crippen molar-refractivity contribution in [2.24, 2.45) is 11.8 Å². The van der Waals surface area contributed by atoms with E-state index >= 15 is 0 Å². The fourth-order valence-corrected chi connectivity index (χ4v) is 4.38. The summed E-state index contributed by atoms with van der Waals surface area (Å²) in [5.41, 5.74) is 0.772. The van der Waals surface area contributed by atoms with Gasteiger partial charge in [-0.15, -0.1) is 11.3 Å². The molecule has 5 nitrogen and oxygen atoms in total. The standard InChI is InChI=1S/C18H24N2O3S/c1-11-7-8-20(10-12(2)9-11)18(23)16(22)15(21)17-19-13-5-3-4-6-14(13)24-17/h3-6,11-12,15-16,21-22H,7-10H2,1-2H3. The molecule has 130 valence electrons. The van der Waals surface area contributed by atoms with Crippen molar-refractivity contribution in [3.8, 4) is 0 Å². The highest BCUT2D eigenvalue weighted by Gasteiger charge is 2.33. The third-order valence-electron chi connectivity index (χ3n) is 4.66. The molecule has 2 aromatic rings. The predicted octanol–water partition coefficient (Wildman–Crippen LogP) is 2.59. The van der Waals surface area contributed by atoms with Gasteiger partial charge in [-0.1, -0.05) is 26.0 Å². The maximum atomic E-state index is 12.6. The third kappa shape index (κ3) is 3.61. The van der Waals surface area contributed by atoms with E-state index in [2.05, 4.69) is 18.8 Å². The number of benzene rings is 1. The molecule has 4 atom stereocenters. The largest absolute Gasteiger partial charge is 0.383 e. The first-order valence-electron chi connectivity index (χ1n) is 8.46. The van der Waals surface area contributed by atoms with Gasteiger partial charge in [0.25, 0.3) is 5.91 Å². The summed E-state index contributed by atoms with van der Waals surface area (Å²) in [6.45, 7) is 5.58. The van der Waals surface area contributed by atoms with Gasteiger partial charge < -0.3 is 15.1 Å². The summed E-state index contributed by atoms with van der Waals surface area (Å²) in [5, 5.41) is 21.2. The molecule has 1 aliphatic rings. The monoisotopic (exact) mass is 348 g/mol. The van der Waals surface area contributed by atoms with E-state index in [1.54, 1.807) is 4.90 Å². The molecule has 24 heavy (non-hydrogen) atoms. The second kappa shape index (κ2) is 7.17. The lowest BCUT2D eigenvalue weighted by atomic mass is 9.97. The Balaban J connectivity index is 1.74. The van der Waals surface area contributed by atoms with E-state index in [1.165, 1.54) is 11.3 Å². The summed E-state index contributed by atoms with van der Waals surface area (Å²) < 4.78 is 0.934. The molecule has 0 aliphatic carbocycles. The molecule has 4 unspecified atom stereocenters. The number of likely N-dealkylation sites (tertiary alicyclic amines) is 1. The van der Waals surface area contributed by atoms with Crippen molar-refractivity contribution in [2.45, 2.75) is 38.9 Å². The molecule has 3 rings (SSSR count). The molecule has 6 heteroatoms.